The lowest BCUT2D eigenvalue weighted by atomic mass is 9.97. The zero-order valence-corrected chi connectivity index (χ0v) is 24.5. The van der Waals surface area contributed by atoms with Gasteiger partial charge in [-0.3, -0.25) is 0 Å². The standard InChI is InChI=1S/C12H22O11.2C6H12O6/c13-1-3-5(15)6(16)9(19)12(22-3)23-10-4(2-14)21-11(20)8(18)7(10)17;2*7-1-3(9)5(11)6(12)4(10)2-8/h3-20H,1-2H2;2*1,3-6,8-12H,2H2/t3-,4-,5+,6+,7-,8-,9-,10-,11-,12+;2*3-,4+,5+,6+/m100/s1. The summed E-state index contributed by atoms with van der Waals surface area (Å²) in [5, 5.41) is 164. The Bertz CT molecular complexity index is 820. The molecule has 23 heteroatoms. The number of rotatable bonds is 14. The summed E-state index contributed by atoms with van der Waals surface area (Å²) in [6, 6.07) is 0. The Hall–Kier alpha value is -1.50. The SMILES string of the molecule is O=C[C@H](O)[C@@H](O)[C@H](O)[C@H](O)CO.O=C[C@H](O)[C@@H](O)[C@H](O)[C@H](O)CO.OC[C@H]1O[C@@H](O[C@H]2[C@H](O)[C@@H](O)[C@H](O)O[C@@H]2CO)[C@H](O)[C@@H](O)[C@H]1O. The predicted octanol–water partition coefficient (Wildman–Crippen LogP) is -12.2. The van der Waals surface area contributed by atoms with Gasteiger partial charge in [-0.05, 0) is 0 Å². The lowest BCUT2D eigenvalue weighted by molar-refractivity contribution is -0.355. The molecule has 0 aromatic rings. The van der Waals surface area contributed by atoms with Crippen molar-refractivity contribution < 1.29 is 116 Å². The minimum atomic E-state index is -1.79. The van der Waals surface area contributed by atoms with Gasteiger partial charge in [0.1, 0.15) is 97.7 Å². The maximum atomic E-state index is 9.94. The summed E-state index contributed by atoms with van der Waals surface area (Å²) >= 11 is 0. The van der Waals surface area contributed by atoms with Crippen LogP contribution in [0.5, 0.6) is 0 Å². The molecular formula is C24H46O23. The first kappa shape index (κ1) is 45.5. The van der Waals surface area contributed by atoms with E-state index < -0.39 is 137 Å². The molecule has 0 bridgehead atoms. The molecule has 2 aliphatic heterocycles. The van der Waals surface area contributed by atoms with E-state index in [1.54, 1.807) is 0 Å². The van der Waals surface area contributed by atoms with Gasteiger partial charge in [-0.25, -0.2) is 0 Å². The van der Waals surface area contributed by atoms with Crippen molar-refractivity contribution in [2.45, 2.75) is 110 Å². The van der Waals surface area contributed by atoms with Crippen LogP contribution in [-0.2, 0) is 23.8 Å². The molecule has 0 aliphatic carbocycles. The topological polar surface area (TPSA) is 426 Å². The van der Waals surface area contributed by atoms with E-state index in [-0.39, 0.29) is 12.6 Å². The Morgan fingerprint density at radius 1 is 0.532 bits per heavy atom. The quantitative estimate of drug-likeness (QED) is 0.0747. The summed E-state index contributed by atoms with van der Waals surface area (Å²) < 4.78 is 15.3. The number of aliphatic hydroxyl groups excluding tert-OH is 18. The summed E-state index contributed by atoms with van der Waals surface area (Å²) in [4.78, 5) is 19.8. The molecule has 2 rings (SSSR count). The number of carbonyl (C=O) groups is 2. The van der Waals surface area contributed by atoms with Crippen LogP contribution in [0.2, 0.25) is 0 Å². The maximum Gasteiger partial charge on any atom is 0.187 e. The van der Waals surface area contributed by atoms with Gasteiger partial charge in [-0.2, -0.15) is 0 Å². The Morgan fingerprint density at radius 3 is 1.32 bits per heavy atom. The molecule has 47 heavy (non-hydrogen) atoms. The van der Waals surface area contributed by atoms with Gasteiger partial charge in [0.15, 0.2) is 25.2 Å². The van der Waals surface area contributed by atoms with Crippen LogP contribution in [0.4, 0.5) is 0 Å². The van der Waals surface area contributed by atoms with E-state index in [9.17, 15) is 45.3 Å². The van der Waals surface area contributed by atoms with E-state index in [0.29, 0.717) is 0 Å². The van der Waals surface area contributed by atoms with Crippen LogP contribution in [-0.4, -0.2) is 241 Å². The molecule has 2 heterocycles. The van der Waals surface area contributed by atoms with Gasteiger partial charge in [0.25, 0.3) is 0 Å². The minimum absolute atomic E-state index is 0.0258. The Kier molecular flexibility index (Phi) is 21.6. The molecule has 2 fully saturated rings. The average Bonchev–Trinajstić information content (AvgIpc) is 3.09. The van der Waals surface area contributed by atoms with Gasteiger partial charge >= 0.3 is 0 Å². The normalized spacial score (nSPS) is 36.0. The molecule has 0 saturated carbocycles. The fourth-order valence-corrected chi connectivity index (χ4v) is 3.81. The first-order chi connectivity index (χ1) is 21.9. The molecule has 2 saturated heterocycles. The third kappa shape index (κ3) is 13.0. The van der Waals surface area contributed by atoms with Gasteiger partial charge in [-0.1, -0.05) is 0 Å². The second kappa shape index (κ2) is 22.3. The van der Waals surface area contributed by atoms with Crippen molar-refractivity contribution in [1.29, 1.82) is 0 Å². The van der Waals surface area contributed by atoms with Crippen molar-refractivity contribution in [3.05, 3.63) is 0 Å². The third-order valence-corrected chi connectivity index (χ3v) is 6.82. The van der Waals surface area contributed by atoms with Crippen LogP contribution in [0.15, 0.2) is 0 Å². The van der Waals surface area contributed by atoms with E-state index >= 15 is 0 Å². The van der Waals surface area contributed by atoms with E-state index in [1.807, 2.05) is 0 Å². The highest BCUT2D eigenvalue weighted by molar-refractivity contribution is 5.57. The van der Waals surface area contributed by atoms with Gasteiger partial charge in [0.2, 0.25) is 0 Å². The smallest absolute Gasteiger partial charge is 0.187 e. The number of carbonyl (C=O) groups excluding carboxylic acids is 2. The summed E-state index contributed by atoms with van der Waals surface area (Å²) in [5.74, 6) is 0. The number of hydrogen-bond donors (Lipinski definition) is 18. The average molecular weight is 703 g/mol. The number of ether oxygens (including phenoxy) is 3. The van der Waals surface area contributed by atoms with Crippen molar-refractivity contribution in [2.75, 3.05) is 26.4 Å². The van der Waals surface area contributed by atoms with E-state index in [1.165, 1.54) is 0 Å². The summed E-state index contributed by atoms with van der Waals surface area (Å²) in [6.45, 7) is -2.87. The van der Waals surface area contributed by atoms with Gasteiger partial charge in [-0.15, -0.1) is 0 Å². The molecule has 18 atom stereocenters. The van der Waals surface area contributed by atoms with Gasteiger partial charge < -0.3 is 116 Å². The molecule has 0 spiro atoms. The van der Waals surface area contributed by atoms with Crippen LogP contribution in [0.3, 0.4) is 0 Å². The molecule has 0 aromatic carbocycles. The number of hydrogen-bond acceptors (Lipinski definition) is 23. The fraction of sp³-hybridized carbons (Fsp3) is 0.917. The minimum Gasteiger partial charge on any atom is -0.394 e. The van der Waals surface area contributed by atoms with Crippen LogP contribution < -0.4 is 0 Å². The molecule has 0 amide bonds. The molecule has 0 radical (unpaired) electrons. The van der Waals surface area contributed by atoms with Crippen LogP contribution in [0.1, 0.15) is 0 Å². The molecule has 18 N–H and O–H groups in total. The monoisotopic (exact) mass is 702 g/mol. The van der Waals surface area contributed by atoms with E-state index in [4.69, 9.17) is 70.4 Å². The van der Waals surface area contributed by atoms with Gasteiger partial charge in [0, 0.05) is 0 Å². The molecule has 0 unspecified atom stereocenters. The molecular weight excluding hydrogens is 656 g/mol. The molecule has 23 nitrogen and oxygen atoms in total. The Labute approximate surface area is 265 Å². The van der Waals surface area contributed by atoms with Crippen molar-refractivity contribution in [3.8, 4) is 0 Å². The Balaban J connectivity index is 0.000000749. The largest absolute Gasteiger partial charge is 0.394 e. The van der Waals surface area contributed by atoms with E-state index in [0.717, 1.165) is 0 Å². The molecule has 2 aliphatic rings. The highest BCUT2D eigenvalue weighted by Gasteiger charge is 2.50. The van der Waals surface area contributed by atoms with Crippen LogP contribution >= 0.6 is 0 Å². The van der Waals surface area contributed by atoms with Crippen molar-refractivity contribution in [2.24, 2.45) is 0 Å². The fourth-order valence-electron chi connectivity index (χ4n) is 3.81. The second-order valence-corrected chi connectivity index (χ2v) is 10.2. The highest BCUT2D eigenvalue weighted by atomic mass is 16.7. The lowest BCUT2D eigenvalue weighted by Crippen LogP contribution is -2.64. The molecule has 0 aromatic heterocycles. The van der Waals surface area contributed by atoms with Crippen LogP contribution in [0.25, 0.3) is 0 Å². The first-order valence-electron chi connectivity index (χ1n) is 13.7. The second-order valence-electron chi connectivity index (χ2n) is 10.2. The summed E-state index contributed by atoms with van der Waals surface area (Å²) in [5.41, 5.74) is 0. The first-order valence-corrected chi connectivity index (χ1v) is 13.7. The lowest BCUT2D eigenvalue weighted by Gasteiger charge is -2.45. The summed E-state index contributed by atoms with van der Waals surface area (Å²) in [6.07, 6.45) is -29.2. The highest BCUT2D eigenvalue weighted by Crippen LogP contribution is 2.28. The number of aldehydes is 2. The number of aliphatic hydroxyl groups is 18. The zero-order valence-electron chi connectivity index (χ0n) is 24.5. The maximum absolute atomic E-state index is 9.94. The third-order valence-electron chi connectivity index (χ3n) is 6.82. The predicted molar refractivity (Wildman–Crippen MR) is 143 cm³/mol. The Morgan fingerprint density at radius 2 is 0.957 bits per heavy atom. The van der Waals surface area contributed by atoms with Crippen LogP contribution in [0, 0.1) is 0 Å². The van der Waals surface area contributed by atoms with E-state index in [2.05, 4.69) is 0 Å². The van der Waals surface area contributed by atoms with Gasteiger partial charge in [0.05, 0.1) is 26.4 Å². The van der Waals surface area contributed by atoms with Crippen molar-refractivity contribution in [3.63, 3.8) is 0 Å². The van der Waals surface area contributed by atoms with Crippen molar-refractivity contribution >= 4 is 12.6 Å². The zero-order chi connectivity index (χ0) is 36.8. The van der Waals surface area contributed by atoms with Crippen molar-refractivity contribution in [1.82, 2.24) is 0 Å². The molecule has 280 valence electrons. The summed E-state index contributed by atoms with van der Waals surface area (Å²) in [7, 11) is 0.